The van der Waals surface area contributed by atoms with Gasteiger partial charge in [-0.05, 0) is 60.5 Å². The molecule has 5 nitrogen and oxygen atoms in total. The minimum atomic E-state index is -0.526. The Morgan fingerprint density at radius 3 is 2.53 bits per heavy atom. The van der Waals surface area contributed by atoms with Gasteiger partial charge in [0.25, 0.3) is 0 Å². The largest absolute Gasteiger partial charge is 0.490 e. The molecule has 0 fully saturated rings. The van der Waals surface area contributed by atoms with Crippen LogP contribution in [0.15, 0.2) is 81.9 Å². The SMILES string of the molecule is CCOc1cc(/C=C2\N=C(c3ccc(Br)cc3)OC2=O)cc(Cl)c1OCc1ccccc1. The summed E-state index contributed by atoms with van der Waals surface area (Å²) < 4.78 is 17.9. The molecule has 0 N–H and O–H groups in total. The molecule has 0 aromatic heterocycles. The molecule has 32 heavy (non-hydrogen) atoms. The standard InChI is InChI=1S/C25H19BrClNO4/c1-2-30-22-14-17(12-20(27)23(22)31-15-16-6-4-3-5-7-16)13-21-25(29)32-24(28-21)18-8-10-19(26)11-9-18/h3-14H,2,15H2,1H3/b21-13-. The summed E-state index contributed by atoms with van der Waals surface area (Å²) in [6, 6.07) is 20.6. The van der Waals surface area contributed by atoms with E-state index in [4.69, 9.17) is 25.8 Å². The lowest BCUT2D eigenvalue weighted by Crippen LogP contribution is -2.05. The van der Waals surface area contributed by atoms with Crippen molar-refractivity contribution in [3.63, 3.8) is 0 Å². The van der Waals surface area contributed by atoms with Gasteiger partial charge in [-0.1, -0.05) is 57.9 Å². The second-order valence-electron chi connectivity index (χ2n) is 6.88. The van der Waals surface area contributed by atoms with Crippen LogP contribution in [-0.4, -0.2) is 18.5 Å². The van der Waals surface area contributed by atoms with Gasteiger partial charge in [-0.25, -0.2) is 9.79 Å². The van der Waals surface area contributed by atoms with Crippen LogP contribution in [0.2, 0.25) is 5.02 Å². The van der Waals surface area contributed by atoms with Crippen LogP contribution in [-0.2, 0) is 16.1 Å². The fraction of sp³-hybridized carbons (Fsp3) is 0.120. The van der Waals surface area contributed by atoms with Crippen LogP contribution >= 0.6 is 27.5 Å². The van der Waals surface area contributed by atoms with Gasteiger partial charge in [0.2, 0.25) is 5.90 Å². The number of nitrogens with zero attached hydrogens (tertiary/aromatic N) is 1. The normalized spacial score (nSPS) is 14.3. The molecule has 0 spiro atoms. The summed E-state index contributed by atoms with van der Waals surface area (Å²) in [6.07, 6.45) is 1.61. The van der Waals surface area contributed by atoms with E-state index in [9.17, 15) is 4.79 Å². The van der Waals surface area contributed by atoms with Crippen molar-refractivity contribution in [3.05, 3.63) is 98.6 Å². The summed E-state index contributed by atoms with van der Waals surface area (Å²) in [5, 5.41) is 0.377. The minimum Gasteiger partial charge on any atom is -0.490 e. The lowest BCUT2D eigenvalue weighted by atomic mass is 10.1. The van der Waals surface area contributed by atoms with Gasteiger partial charge in [-0.2, -0.15) is 0 Å². The van der Waals surface area contributed by atoms with Gasteiger partial charge in [0, 0.05) is 10.0 Å². The lowest BCUT2D eigenvalue weighted by molar-refractivity contribution is -0.129. The second kappa shape index (κ2) is 10.0. The first-order valence-electron chi connectivity index (χ1n) is 9.95. The molecule has 162 valence electrons. The molecule has 4 rings (SSSR count). The molecule has 3 aromatic carbocycles. The monoisotopic (exact) mass is 511 g/mol. The van der Waals surface area contributed by atoms with E-state index in [2.05, 4.69) is 20.9 Å². The van der Waals surface area contributed by atoms with Gasteiger partial charge < -0.3 is 14.2 Å². The molecule has 0 bridgehead atoms. The van der Waals surface area contributed by atoms with Crippen molar-refractivity contribution in [2.75, 3.05) is 6.61 Å². The Kier molecular flexibility index (Phi) is 6.93. The molecule has 0 unspecified atom stereocenters. The van der Waals surface area contributed by atoms with E-state index in [0.29, 0.717) is 40.9 Å². The molecule has 3 aromatic rings. The third-order valence-electron chi connectivity index (χ3n) is 4.57. The van der Waals surface area contributed by atoms with E-state index in [0.717, 1.165) is 10.0 Å². The number of halogens is 2. The summed E-state index contributed by atoms with van der Waals surface area (Å²) in [5.74, 6) is 0.674. The maximum Gasteiger partial charge on any atom is 0.363 e. The molecule has 1 aliphatic rings. The zero-order valence-electron chi connectivity index (χ0n) is 17.2. The highest BCUT2D eigenvalue weighted by Crippen LogP contribution is 2.38. The summed E-state index contributed by atoms with van der Waals surface area (Å²) >= 11 is 9.89. The highest BCUT2D eigenvalue weighted by molar-refractivity contribution is 9.10. The van der Waals surface area contributed by atoms with Crippen LogP contribution in [0.3, 0.4) is 0 Å². The smallest absolute Gasteiger partial charge is 0.363 e. The van der Waals surface area contributed by atoms with Crippen molar-refractivity contribution >= 4 is 45.5 Å². The van der Waals surface area contributed by atoms with E-state index in [1.165, 1.54) is 0 Å². The van der Waals surface area contributed by atoms with Gasteiger partial charge in [0.15, 0.2) is 17.2 Å². The number of aliphatic imine (C=N–C) groups is 1. The number of ether oxygens (including phenoxy) is 3. The molecule has 0 saturated heterocycles. The average molecular weight is 513 g/mol. The molecule has 0 saturated carbocycles. The predicted octanol–water partition coefficient (Wildman–Crippen LogP) is 6.42. The van der Waals surface area contributed by atoms with E-state index < -0.39 is 5.97 Å². The highest BCUT2D eigenvalue weighted by Gasteiger charge is 2.24. The lowest BCUT2D eigenvalue weighted by Gasteiger charge is -2.14. The molecule has 0 radical (unpaired) electrons. The summed E-state index contributed by atoms with van der Waals surface area (Å²) in [5.41, 5.74) is 2.56. The van der Waals surface area contributed by atoms with Gasteiger partial charge in [0.05, 0.1) is 11.6 Å². The average Bonchev–Trinajstić information content (AvgIpc) is 3.14. The van der Waals surface area contributed by atoms with E-state index >= 15 is 0 Å². The number of hydrogen-bond acceptors (Lipinski definition) is 5. The number of esters is 1. The fourth-order valence-electron chi connectivity index (χ4n) is 3.09. The van der Waals surface area contributed by atoms with Gasteiger partial charge in [-0.3, -0.25) is 0 Å². The number of rotatable bonds is 7. The zero-order valence-corrected chi connectivity index (χ0v) is 19.5. The maximum atomic E-state index is 12.3. The van der Waals surface area contributed by atoms with Gasteiger partial charge in [0.1, 0.15) is 6.61 Å². The molecule has 0 aliphatic carbocycles. The van der Waals surface area contributed by atoms with Crippen molar-refractivity contribution in [1.29, 1.82) is 0 Å². The molecular formula is C25H19BrClNO4. The van der Waals surface area contributed by atoms with E-state index in [1.807, 2.05) is 61.5 Å². The quantitative estimate of drug-likeness (QED) is 0.271. The second-order valence-corrected chi connectivity index (χ2v) is 8.20. The van der Waals surface area contributed by atoms with Crippen molar-refractivity contribution in [2.45, 2.75) is 13.5 Å². The van der Waals surface area contributed by atoms with Crippen LogP contribution in [0.5, 0.6) is 11.5 Å². The van der Waals surface area contributed by atoms with Crippen LogP contribution in [0.1, 0.15) is 23.6 Å². The Morgan fingerprint density at radius 2 is 1.81 bits per heavy atom. The van der Waals surface area contributed by atoms with Crippen LogP contribution in [0.4, 0.5) is 0 Å². The summed E-state index contributed by atoms with van der Waals surface area (Å²) in [7, 11) is 0. The van der Waals surface area contributed by atoms with Crippen molar-refractivity contribution in [3.8, 4) is 11.5 Å². The topological polar surface area (TPSA) is 57.1 Å². The van der Waals surface area contributed by atoms with Crippen LogP contribution in [0, 0.1) is 0 Å². The number of carbonyl (C=O) groups excluding carboxylic acids is 1. The Labute approximate surface area is 199 Å². The minimum absolute atomic E-state index is 0.180. The number of cyclic esters (lactones) is 1. The zero-order chi connectivity index (χ0) is 22.5. The highest BCUT2D eigenvalue weighted by atomic mass is 79.9. The predicted molar refractivity (Wildman–Crippen MR) is 128 cm³/mol. The summed E-state index contributed by atoms with van der Waals surface area (Å²) in [4.78, 5) is 16.7. The first-order chi connectivity index (χ1) is 15.5. The van der Waals surface area contributed by atoms with Gasteiger partial charge in [-0.15, -0.1) is 0 Å². The molecule has 1 heterocycles. The Morgan fingerprint density at radius 1 is 1.06 bits per heavy atom. The Hall–Kier alpha value is -3.09. The first-order valence-corrected chi connectivity index (χ1v) is 11.1. The number of carbonyl (C=O) groups is 1. The van der Waals surface area contributed by atoms with Gasteiger partial charge >= 0.3 is 5.97 Å². The third kappa shape index (κ3) is 5.21. The molecular weight excluding hydrogens is 494 g/mol. The molecule has 0 amide bonds. The summed E-state index contributed by atoms with van der Waals surface area (Å²) in [6.45, 7) is 2.67. The van der Waals surface area contributed by atoms with Crippen LogP contribution < -0.4 is 9.47 Å². The van der Waals surface area contributed by atoms with E-state index in [-0.39, 0.29) is 11.6 Å². The van der Waals surface area contributed by atoms with E-state index in [1.54, 1.807) is 18.2 Å². The third-order valence-corrected chi connectivity index (χ3v) is 5.38. The molecule has 7 heteroatoms. The number of hydrogen-bond donors (Lipinski definition) is 0. The Bertz CT molecular complexity index is 1190. The fourth-order valence-corrected chi connectivity index (χ4v) is 3.62. The molecule has 0 atom stereocenters. The van der Waals surface area contributed by atoms with Crippen molar-refractivity contribution < 1.29 is 19.0 Å². The van der Waals surface area contributed by atoms with Crippen molar-refractivity contribution in [1.82, 2.24) is 0 Å². The Balaban J connectivity index is 1.61. The maximum absolute atomic E-state index is 12.3. The van der Waals surface area contributed by atoms with Crippen LogP contribution in [0.25, 0.3) is 6.08 Å². The van der Waals surface area contributed by atoms with Crippen molar-refractivity contribution in [2.24, 2.45) is 4.99 Å². The first kappa shape index (κ1) is 22.1. The molecule has 1 aliphatic heterocycles. The number of benzene rings is 3.